The molecule has 100 valence electrons. The van der Waals surface area contributed by atoms with Crippen LogP contribution >= 0.6 is 0 Å². The van der Waals surface area contributed by atoms with E-state index in [1.165, 1.54) is 4.80 Å². The molecule has 1 aromatic heterocycles. The monoisotopic (exact) mass is 261 g/mol. The first kappa shape index (κ1) is 13.0. The number of hydrogen-bond donors (Lipinski definition) is 1. The van der Waals surface area contributed by atoms with Crippen molar-refractivity contribution in [1.82, 2.24) is 20.2 Å². The molecule has 19 heavy (non-hydrogen) atoms. The lowest BCUT2D eigenvalue weighted by atomic mass is 10.2. The molecule has 0 unspecified atom stereocenters. The Hall–Kier alpha value is -2.44. The van der Waals surface area contributed by atoms with Crippen LogP contribution in [-0.2, 0) is 11.3 Å². The van der Waals surface area contributed by atoms with Gasteiger partial charge in [0, 0.05) is 0 Å². The number of amides is 1. The van der Waals surface area contributed by atoms with Gasteiger partial charge in [-0.05, 0) is 36.8 Å². The molecular weight excluding hydrogens is 246 g/mol. The summed E-state index contributed by atoms with van der Waals surface area (Å²) in [7, 11) is 0. The van der Waals surface area contributed by atoms with E-state index < -0.39 is 0 Å². The average molecular weight is 261 g/mol. The lowest BCUT2D eigenvalue weighted by molar-refractivity contribution is -0.118. The predicted molar refractivity (Wildman–Crippen MR) is 68.8 cm³/mol. The highest BCUT2D eigenvalue weighted by atomic mass is 16.5. The van der Waals surface area contributed by atoms with Crippen molar-refractivity contribution in [3.05, 3.63) is 29.8 Å². The van der Waals surface area contributed by atoms with Crippen molar-refractivity contribution in [2.24, 2.45) is 0 Å². The van der Waals surface area contributed by atoms with Crippen molar-refractivity contribution < 1.29 is 9.53 Å². The Labute approximate surface area is 110 Å². The van der Waals surface area contributed by atoms with Gasteiger partial charge in [-0.3, -0.25) is 10.1 Å². The van der Waals surface area contributed by atoms with Crippen LogP contribution in [0.3, 0.4) is 0 Å². The average Bonchev–Trinajstić information content (AvgIpc) is 2.84. The van der Waals surface area contributed by atoms with Crippen LogP contribution < -0.4 is 10.1 Å². The van der Waals surface area contributed by atoms with E-state index in [0.29, 0.717) is 12.3 Å². The number of tetrazole rings is 1. The van der Waals surface area contributed by atoms with Crippen LogP contribution in [-0.4, -0.2) is 32.7 Å². The van der Waals surface area contributed by atoms with Crippen LogP contribution in [0.15, 0.2) is 24.3 Å². The third-order valence-corrected chi connectivity index (χ3v) is 2.35. The summed E-state index contributed by atoms with van der Waals surface area (Å²) in [5.74, 6) is 0.511. The molecule has 0 aliphatic carbocycles. The number of ether oxygens (including phenoxy) is 1. The molecule has 1 aromatic carbocycles. The Balaban J connectivity index is 1.84. The van der Waals surface area contributed by atoms with Gasteiger partial charge in [-0.15, -0.1) is 5.10 Å². The fourth-order valence-electron chi connectivity index (χ4n) is 1.44. The highest BCUT2D eigenvalue weighted by Crippen LogP contribution is 2.12. The third-order valence-electron chi connectivity index (χ3n) is 2.35. The van der Waals surface area contributed by atoms with Crippen LogP contribution in [0, 0.1) is 6.92 Å². The van der Waals surface area contributed by atoms with Crippen molar-refractivity contribution in [2.75, 3.05) is 11.9 Å². The number of nitrogens with zero attached hydrogens (tertiary/aromatic N) is 4. The van der Waals surface area contributed by atoms with E-state index in [2.05, 4.69) is 20.7 Å². The van der Waals surface area contributed by atoms with Crippen molar-refractivity contribution in [3.63, 3.8) is 0 Å². The maximum absolute atomic E-state index is 11.6. The van der Waals surface area contributed by atoms with Crippen LogP contribution in [0.2, 0.25) is 0 Å². The number of rotatable bonds is 5. The van der Waals surface area contributed by atoms with E-state index in [1.807, 2.05) is 32.0 Å². The summed E-state index contributed by atoms with van der Waals surface area (Å²) in [4.78, 5) is 13.0. The van der Waals surface area contributed by atoms with Gasteiger partial charge in [-0.2, -0.15) is 4.80 Å². The van der Waals surface area contributed by atoms with E-state index in [1.54, 1.807) is 6.07 Å². The zero-order chi connectivity index (χ0) is 13.7. The fraction of sp³-hybridized carbons (Fsp3) is 0.333. The quantitative estimate of drug-likeness (QED) is 0.869. The summed E-state index contributed by atoms with van der Waals surface area (Å²) < 4.78 is 5.36. The summed E-state index contributed by atoms with van der Waals surface area (Å²) in [6.07, 6.45) is 0. The Morgan fingerprint density at radius 1 is 1.47 bits per heavy atom. The zero-order valence-corrected chi connectivity index (χ0v) is 10.8. The van der Waals surface area contributed by atoms with Crippen LogP contribution in [0.25, 0.3) is 0 Å². The lowest BCUT2D eigenvalue weighted by Crippen LogP contribution is -2.21. The number of nitrogens with one attached hydrogen (secondary N) is 1. The Bertz CT molecular complexity index is 567. The lowest BCUT2D eigenvalue weighted by Gasteiger charge is -2.05. The summed E-state index contributed by atoms with van der Waals surface area (Å²) in [6, 6.07) is 7.49. The van der Waals surface area contributed by atoms with E-state index in [-0.39, 0.29) is 18.5 Å². The standard InChI is InChI=1S/C12H15N5O2/c1-3-17-15-12(14-16-17)13-11(18)8-19-10-6-4-5-9(2)7-10/h4-7H,3,8H2,1-2H3,(H,13,15,18). The van der Waals surface area contributed by atoms with Crippen LogP contribution in [0.4, 0.5) is 5.95 Å². The van der Waals surface area contributed by atoms with Crippen molar-refractivity contribution in [2.45, 2.75) is 20.4 Å². The van der Waals surface area contributed by atoms with E-state index >= 15 is 0 Å². The zero-order valence-electron chi connectivity index (χ0n) is 10.8. The molecular formula is C12H15N5O2. The number of aryl methyl sites for hydroxylation is 2. The van der Waals surface area contributed by atoms with Gasteiger partial charge in [0.15, 0.2) is 6.61 Å². The second kappa shape index (κ2) is 5.94. The second-order valence-corrected chi connectivity index (χ2v) is 3.95. The minimum atomic E-state index is -0.322. The van der Waals surface area contributed by atoms with Gasteiger partial charge >= 0.3 is 0 Å². The molecule has 1 heterocycles. The largest absolute Gasteiger partial charge is 0.484 e. The molecule has 1 N–H and O–H groups in total. The minimum Gasteiger partial charge on any atom is -0.484 e. The first-order chi connectivity index (χ1) is 9.17. The first-order valence-corrected chi connectivity index (χ1v) is 5.94. The topological polar surface area (TPSA) is 81.9 Å². The number of anilines is 1. The van der Waals surface area contributed by atoms with Crippen molar-refractivity contribution in [3.8, 4) is 5.75 Å². The highest BCUT2D eigenvalue weighted by molar-refractivity contribution is 5.90. The van der Waals surface area contributed by atoms with Gasteiger partial charge in [0.05, 0.1) is 6.54 Å². The van der Waals surface area contributed by atoms with Gasteiger partial charge in [-0.1, -0.05) is 17.2 Å². The van der Waals surface area contributed by atoms with Gasteiger partial charge in [0.1, 0.15) is 5.75 Å². The maximum Gasteiger partial charge on any atom is 0.270 e. The number of benzene rings is 1. The molecule has 2 aromatic rings. The number of carbonyl (C=O) groups excluding carboxylic acids is 1. The second-order valence-electron chi connectivity index (χ2n) is 3.95. The molecule has 0 aliphatic rings. The van der Waals surface area contributed by atoms with Crippen LogP contribution in [0.5, 0.6) is 5.75 Å². The van der Waals surface area contributed by atoms with Crippen LogP contribution in [0.1, 0.15) is 12.5 Å². The maximum atomic E-state index is 11.6. The fourth-order valence-corrected chi connectivity index (χ4v) is 1.44. The van der Waals surface area contributed by atoms with Gasteiger partial charge in [-0.25, -0.2) is 0 Å². The van der Waals surface area contributed by atoms with Gasteiger partial charge in [0.2, 0.25) is 0 Å². The molecule has 0 atom stereocenters. The molecule has 0 aliphatic heterocycles. The molecule has 2 rings (SSSR count). The number of carbonyl (C=O) groups is 1. The molecule has 0 radical (unpaired) electrons. The van der Waals surface area contributed by atoms with E-state index in [4.69, 9.17) is 4.74 Å². The summed E-state index contributed by atoms with van der Waals surface area (Å²) in [5, 5.41) is 13.9. The van der Waals surface area contributed by atoms with E-state index in [9.17, 15) is 4.79 Å². The third kappa shape index (κ3) is 3.77. The molecule has 7 nitrogen and oxygen atoms in total. The van der Waals surface area contributed by atoms with Gasteiger partial charge in [0.25, 0.3) is 11.9 Å². The summed E-state index contributed by atoms with van der Waals surface area (Å²) in [6.45, 7) is 4.35. The first-order valence-electron chi connectivity index (χ1n) is 5.94. The molecule has 1 amide bonds. The summed E-state index contributed by atoms with van der Waals surface area (Å²) in [5.41, 5.74) is 1.07. The minimum absolute atomic E-state index is 0.0931. The Morgan fingerprint density at radius 2 is 2.32 bits per heavy atom. The van der Waals surface area contributed by atoms with E-state index in [0.717, 1.165) is 5.56 Å². The highest BCUT2D eigenvalue weighted by Gasteiger charge is 2.07. The normalized spacial score (nSPS) is 10.2. The smallest absolute Gasteiger partial charge is 0.270 e. The predicted octanol–water partition coefficient (Wildman–Crippen LogP) is 1.02. The van der Waals surface area contributed by atoms with Gasteiger partial charge < -0.3 is 4.74 Å². The van der Waals surface area contributed by atoms with Crippen molar-refractivity contribution in [1.29, 1.82) is 0 Å². The molecule has 7 heteroatoms. The Morgan fingerprint density at radius 3 is 3.00 bits per heavy atom. The SMILES string of the molecule is CCn1nnc(NC(=O)COc2cccc(C)c2)n1. The number of aromatic nitrogens is 4. The molecule has 0 fully saturated rings. The Kier molecular flexibility index (Phi) is 4.07. The molecule has 0 spiro atoms. The molecule has 0 saturated heterocycles. The molecule has 0 bridgehead atoms. The number of hydrogen-bond acceptors (Lipinski definition) is 5. The van der Waals surface area contributed by atoms with Crippen molar-refractivity contribution >= 4 is 11.9 Å². The molecule has 0 saturated carbocycles. The summed E-state index contributed by atoms with van der Waals surface area (Å²) >= 11 is 0.